The van der Waals surface area contributed by atoms with Gasteiger partial charge in [-0.1, -0.05) is 18.2 Å². The number of ether oxygens (including phenoxy) is 1. The predicted molar refractivity (Wildman–Crippen MR) is 93.3 cm³/mol. The zero-order valence-corrected chi connectivity index (χ0v) is 14.2. The van der Waals surface area contributed by atoms with Crippen LogP contribution in [0, 0.1) is 5.82 Å². The lowest BCUT2D eigenvalue weighted by Crippen LogP contribution is -2.29. The molecule has 2 aromatic rings. The SMILES string of the molecule is CC(=O)OC1N=C(c2ccccc2F)c2cc(C(C)O)ccc2NC1=O. The second-order valence-corrected chi connectivity index (χ2v) is 5.89. The molecule has 1 aliphatic heterocycles. The number of benzene rings is 2. The molecule has 2 atom stereocenters. The number of esters is 1. The van der Waals surface area contributed by atoms with Crippen molar-refractivity contribution < 1.29 is 23.8 Å². The van der Waals surface area contributed by atoms with E-state index in [0.29, 0.717) is 16.8 Å². The Kier molecular flexibility index (Phi) is 4.81. The third-order valence-corrected chi connectivity index (χ3v) is 3.92. The second kappa shape index (κ2) is 7.05. The average Bonchev–Trinajstić information content (AvgIpc) is 2.71. The van der Waals surface area contributed by atoms with Gasteiger partial charge in [0, 0.05) is 18.1 Å². The summed E-state index contributed by atoms with van der Waals surface area (Å²) in [6.07, 6.45) is -2.20. The molecular weight excluding hydrogens is 339 g/mol. The van der Waals surface area contributed by atoms with Crippen LogP contribution in [0.2, 0.25) is 0 Å². The molecule has 2 unspecified atom stereocenters. The number of hydrogen-bond donors (Lipinski definition) is 2. The molecule has 0 spiro atoms. The van der Waals surface area contributed by atoms with Gasteiger partial charge in [-0.2, -0.15) is 0 Å². The van der Waals surface area contributed by atoms with Crippen LogP contribution in [0.4, 0.5) is 10.1 Å². The van der Waals surface area contributed by atoms with Crippen LogP contribution in [0.15, 0.2) is 47.5 Å². The summed E-state index contributed by atoms with van der Waals surface area (Å²) >= 11 is 0. The molecule has 134 valence electrons. The summed E-state index contributed by atoms with van der Waals surface area (Å²) in [4.78, 5) is 27.9. The Morgan fingerprint density at radius 1 is 1.27 bits per heavy atom. The molecule has 3 rings (SSSR count). The summed E-state index contributed by atoms with van der Waals surface area (Å²) in [5.74, 6) is -1.86. The lowest BCUT2D eigenvalue weighted by atomic mass is 9.97. The maximum atomic E-state index is 14.4. The van der Waals surface area contributed by atoms with E-state index in [2.05, 4.69) is 10.3 Å². The highest BCUT2D eigenvalue weighted by Crippen LogP contribution is 2.28. The summed E-state index contributed by atoms with van der Waals surface area (Å²) in [6, 6.07) is 10.8. The fourth-order valence-corrected chi connectivity index (χ4v) is 2.67. The van der Waals surface area contributed by atoms with Crippen LogP contribution in [0.25, 0.3) is 0 Å². The molecule has 6 nitrogen and oxygen atoms in total. The van der Waals surface area contributed by atoms with E-state index in [-0.39, 0.29) is 11.3 Å². The molecule has 1 heterocycles. The van der Waals surface area contributed by atoms with E-state index < -0.39 is 30.0 Å². The molecule has 1 amide bonds. The van der Waals surface area contributed by atoms with E-state index in [1.165, 1.54) is 18.2 Å². The second-order valence-electron chi connectivity index (χ2n) is 5.89. The van der Waals surface area contributed by atoms with E-state index >= 15 is 0 Å². The van der Waals surface area contributed by atoms with E-state index in [1.54, 1.807) is 31.2 Å². The largest absolute Gasteiger partial charge is 0.430 e. The van der Waals surface area contributed by atoms with Crippen LogP contribution in [-0.2, 0) is 14.3 Å². The highest BCUT2D eigenvalue weighted by molar-refractivity contribution is 6.19. The Morgan fingerprint density at radius 3 is 2.65 bits per heavy atom. The van der Waals surface area contributed by atoms with Crippen LogP contribution >= 0.6 is 0 Å². The molecular formula is C19H17FN2O4. The molecule has 0 saturated heterocycles. The summed E-state index contributed by atoms with van der Waals surface area (Å²) < 4.78 is 19.4. The number of anilines is 1. The predicted octanol–water partition coefficient (Wildman–Crippen LogP) is 2.56. The molecule has 2 N–H and O–H groups in total. The van der Waals surface area contributed by atoms with Crippen molar-refractivity contribution in [2.24, 2.45) is 4.99 Å². The number of aliphatic imine (C=N–C) groups is 1. The van der Waals surface area contributed by atoms with Crippen molar-refractivity contribution in [2.75, 3.05) is 5.32 Å². The molecule has 0 aliphatic carbocycles. The van der Waals surface area contributed by atoms with E-state index in [1.807, 2.05) is 0 Å². The molecule has 2 aromatic carbocycles. The van der Waals surface area contributed by atoms with Crippen LogP contribution < -0.4 is 5.32 Å². The van der Waals surface area contributed by atoms with Crippen molar-refractivity contribution in [3.8, 4) is 0 Å². The molecule has 26 heavy (non-hydrogen) atoms. The van der Waals surface area contributed by atoms with E-state index in [9.17, 15) is 19.1 Å². The Balaban J connectivity index is 2.24. The average molecular weight is 356 g/mol. The van der Waals surface area contributed by atoms with Crippen molar-refractivity contribution in [1.82, 2.24) is 0 Å². The van der Waals surface area contributed by atoms with Gasteiger partial charge in [0.1, 0.15) is 5.82 Å². The normalized spacial score (nSPS) is 17.5. The third kappa shape index (κ3) is 3.48. The van der Waals surface area contributed by atoms with Crippen molar-refractivity contribution >= 4 is 23.3 Å². The first-order valence-corrected chi connectivity index (χ1v) is 8.00. The summed E-state index contributed by atoms with van der Waals surface area (Å²) in [5.41, 5.74) is 1.70. The first kappa shape index (κ1) is 17.8. The van der Waals surface area contributed by atoms with Crippen molar-refractivity contribution in [1.29, 1.82) is 0 Å². The van der Waals surface area contributed by atoms with Crippen LogP contribution in [0.1, 0.15) is 36.6 Å². The van der Waals surface area contributed by atoms with Gasteiger partial charge in [0.25, 0.3) is 12.1 Å². The summed E-state index contributed by atoms with van der Waals surface area (Å²) in [6.45, 7) is 2.76. The maximum Gasteiger partial charge on any atom is 0.305 e. The molecule has 0 aromatic heterocycles. The highest BCUT2D eigenvalue weighted by atomic mass is 19.1. The molecule has 7 heteroatoms. The molecule has 0 radical (unpaired) electrons. The minimum absolute atomic E-state index is 0.158. The molecule has 0 fully saturated rings. The van der Waals surface area contributed by atoms with E-state index in [0.717, 1.165) is 6.92 Å². The molecule has 0 bridgehead atoms. The fourth-order valence-electron chi connectivity index (χ4n) is 2.67. The number of nitrogens with zero attached hydrogens (tertiary/aromatic N) is 1. The lowest BCUT2D eigenvalue weighted by Gasteiger charge is -2.13. The zero-order chi connectivity index (χ0) is 18.8. The maximum absolute atomic E-state index is 14.4. The first-order valence-electron chi connectivity index (χ1n) is 8.00. The van der Waals surface area contributed by atoms with Crippen molar-refractivity contribution in [2.45, 2.75) is 26.2 Å². The third-order valence-electron chi connectivity index (χ3n) is 3.92. The Hall–Kier alpha value is -3.06. The number of aliphatic hydroxyl groups excluding tert-OH is 1. The number of halogens is 1. The lowest BCUT2D eigenvalue weighted by molar-refractivity contribution is -0.151. The number of nitrogens with one attached hydrogen (secondary N) is 1. The van der Waals surface area contributed by atoms with Crippen molar-refractivity contribution in [3.63, 3.8) is 0 Å². The number of fused-ring (bicyclic) bond motifs is 1. The van der Waals surface area contributed by atoms with Gasteiger partial charge in [0.2, 0.25) is 0 Å². The summed E-state index contributed by atoms with van der Waals surface area (Å²) in [5, 5.41) is 12.5. The molecule has 0 saturated carbocycles. The van der Waals surface area contributed by atoms with Gasteiger partial charge in [-0.3, -0.25) is 9.59 Å². The first-order chi connectivity index (χ1) is 12.4. The van der Waals surface area contributed by atoms with E-state index in [4.69, 9.17) is 4.74 Å². The number of hydrogen-bond acceptors (Lipinski definition) is 5. The van der Waals surface area contributed by atoms with Gasteiger partial charge in [-0.05, 0) is 36.8 Å². The fraction of sp³-hybridized carbons (Fsp3) is 0.211. The van der Waals surface area contributed by atoms with Crippen LogP contribution in [0.5, 0.6) is 0 Å². The smallest absolute Gasteiger partial charge is 0.305 e. The van der Waals surface area contributed by atoms with Crippen LogP contribution in [-0.4, -0.2) is 28.9 Å². The van der Waals surface area contributed by atoms with Gasteiger partial charge < -0.3 is 15.2 Å². The Labute approximate surface area is 149 Å². The highest BCUT2D eigenvalue weighted by Gasteiger charge is 2.29. The zero-order valence-electron chi connectivity index (χ0n) is 14.2. The number of carbonyl (C=O) groups excluding carboxylic acids is 2. The minimum atomic E-state index is -1.44. The van der Waals surface area contributed by atoms with Gasteiger partial charge in [0.15, 0.2) is 0 Å². The topological polar surface area (TPSA) is 88.0 Å². The van der Waals surface area contributed by atoms with Gasteiger partial charge in [0.05, 0.1) is 17.5 Å². The quantitative estimate of drug-likeness (QED) is 0.828. The number of benzodiazepines with no additional fused rings is 1. The van der Waals surface area contributed by atoms with Crippen LogP contribution in [0.3, 0.4) is 0 Å². The Morgan fingerprint density at radius 2 is 2.00 bits per heavy atom. The number of aliphatic hydroxyl groups is 1. The standard InChI is InChI=1S/C19H17FN2O4/c1-10(23)12-7-8-16-14(9-12)17(13-5-3-4-6-15(13)20)22-19(18(25)21-16)26-11(2)24/h3-10,19,23H,1-2H3,(H,21,25). The minimum Gasteiger partial charge on any atom is -0.430 e. The van der Waals surface area contributed by atoms with Gasteiger partial charge >= 0.3 is 5.97 Å². The van der Waals surface area contributed by atoms with Gasteiger partial charge in [-0.15, -0.1) is 0 Å². The Bertz CT molecular complexity index is 908. The molecule has 1 aliphatic rings. The van der Waals surface area contributed by atoms with Crippen molar-refractivity contribution in [3.05, 3.63) is 65.0 Å². The summed E-state index contributed by atoms with van der Waals surface area (Å²) in [7, 11) is 0. The number of amides is 1. The monoisotopic (exact) mass is 356 g/mol. The van der Waals surface area contributed by atoms with Gasteiger partial charge in [-0.25, -0.2) is 9.38 Å². The number of carbonyl (C=O) groups is 2. The number of rotatable bonds is 3.